The van der Waals surface area contributed by atoms with Crippen LogP contribution in [-0.2, 0) is 14.3 Å². The SMILES string of the molecule is [2H]O[C@@H]1C[C@@H](C(=O)OC(c2ccccc2)c2ccccc2)N(C(=O)OC(C)(C)C)C1. The summed E-state index contributed by atoms with van der Waals surface area (Å²) in [6.07, 6.45) is -1.64. The molecule has 1 amide bonds. The Morgan fingerprint density at radius 2 is 1.62 bits per heavy atom. The molecule has 2 aromatic carbocycles. The van der Waals surface area contributed by atoms with E-state index in [0.29, 0.717) is 0 Å². The Kier molecular flexibility index (Phi) is 5.81. The van der Waals surface area contributed by atoms with E-state index in [1.54, 1.807) is 20.8 Å². The third-order valence-corrected chi connectivity index (χ3v) is 4.60. The molecule has 1 saturated heterocycles. The van der Waals surface area contributed by atoms with E-state index in [0.717, 1.165) is 11.1 Å². The normalized spacial score (nSPS) is 19.7. The van der Waals surface area contributed by atoms with E-state index < -0.39 is 35.9 Å². The standard InChI is InChI=1S/C23H27NO5/c1-23(2,3)29-22(27)24-15-18(25)14-19(24)21(26)28-20(16-10-6-4-7-11-16)17-12-8-5-9-13-17/h4-13,18-20,25H,14-15H2,1-3H3/t18-,19+/m1/s1/i25D. The predicted octanol–water partition coefficient (Wildman–Crippen LogP) is 3.69. The van der Waals surface area contributed by atoms with Crippen LogP contribution in [-0.4, -0.2) is 47.8 Å². The van der Waals surface area contributed by atoms with E-state index in [-0.39, 0.29) is 13.0 Å². The first-order valence-corrected chi connectivity index (χ1v) is 9.70. The van der Waals surface area contributed by atoms with Gasteiger partial charge in [0.2, 0.25) is 1.43 Å². The first-order chi connectivity index (χ1) is 14.3. The lowest BCUT2D eigenvalue weighted by molar-refractivity contribution is -0.152. The van der Waals surface area contributed by atoms with E-state index >= 15 is 0 Å². The highest BCUT2D eigenvalue weighted by Crippen LogP contribution is 2.29. The van der Waals surface area contributed by atoms with Crippen molar-refractivity contribution in [3.63, 3.8) is 0 Å². The van der Waals surface area contributed by atoms with E-state index in [2.05, 4.69) is 5.11 Å². The van der Waals surface area contributed by atoms with Crippen LogP contribution in [0.2, 0.25) is 0 Å². The molecule has 3 rings (SSSR count). The molecular formula is C23H27NO5. The second kappa shape index (κ2) is 8.66. The van der Waals surface area contributed by atoms with Gasteiger partial charge in [0.1, 0.15) is 11.6 Å². The highest BCUT2D eigenvalue weighted by Gasteiger charge is 2.42. The number of likely N-dealkylation sites (tertiary alicyclic amines) is 1. The fourth-order valence-electron chi connectivity index (χ4n) is 3.32. The molecule has 6 nitrogen and oxygen atoms in total. The van der Waals surface area contributed by atoms with E-state index in [4.69, 9.17) is 10.9 Å². The number of hydrogen-bond acceptors (Lipinski definition) is 5. The number of rotatable bonds is 5. The Morgan fingerprint density at radius 1 is 1.07 bits per heavy atom. The quantitative estimate of drug-likeness (QED) is 0.778. The van der Waals surface area contributed by atoms with Crippen molar-refractivity contribution in [3.05, 3.63) is 71.8 Å². The fraction of sp³-hybridized carbons (Fsp3) is 0.391. The lowest BCUT2D eigenvalue weighted by Crippen LogP contribution is -2.44. The van der Waals surface area contributed by atoms with Crippen molar-refractivity contribution in [2.24, 2.45) is 0 Å². The third kappa shape index (κ3) is 5.35. The Labute approximate surface area is 172 Å². The molecule has 6 heteroatoms. The number of hydrogen-bond donors (Lipinski definition) is 1. The van der Waals surface area contributed by atoms with E-state index in [1.165, 1.54) is 4.90 Å². The van der Waals surface area contributed by atoms with Gasteiger partial charge in [0, 0.05) is 6.42 Å². The number of benzene rings is 2. The minimum atomic E-state index is -0.884. The summed E-state index contributed by atoms with van der Waals surface area (Å²) in [6.45, 7) is 5.37. The van der Waals surface area contributed by atoms with Crippen LogP contribution in [0.25, 0.3) is 0 Å². The molecule has 0 unspecified atom stereocenters. The van der Waals surface area contributed by atoms with Gasteiger partial charge in [-0.3, -0.25) is 4.90 Å². The van der Waals surface area contributed by atoms with Crippen LogP contribution in [0, 0.1) is 0 Å². The largest absolute Gasteiger partial charge is 0.451 e. The zero-order valence-electron chi connectivity index (χ0n) is 17.9. The fourth-order valence-corrected chi connectivity index (χ4v) is 3.32. The summed E-state index contributed by atoms with van der Waals surface area (Å²) in [4.78, 5) is 27.1. The van der Waals surface area contributed by atoms with Gasteiger partial charge >= 0.3 is 12.1 Å². The summed E-state index contributed by atoms with van der Waals surface area (Å²) < 4.78 is 18.6. The number of β-amino-alcohol motifs (C(OH)–C–C–N with tert-alkyl or cyclic N) is 1. The molecular weight excluding hydrogens is 370 g/mol. The minimum Gasteiger partial charge on any atom is -0.451 e. The second-order valence-electron chi connectivity index (χ2n) is 8.14. The molecule has 0 aliphatic carbocycles. The number of nitrogens with zero attached hydrogens (tertiary/aromatic N) is 1. The second-order valence-corrected chi connectivity index (χ2v) is 8.14. The topological polar surface area (TPSA) is 76.1 Å². The Hall–Kier alpha value is -2.86. The average Bonchev–Trinajstić information content (AvgIpc) is 3.17. The van der Waals surface area contributed by atoms with Crippen molar-refractivity contribution in [1.82, 2.24) is 4.90 Å². The van der Waals surface area contributed by atoms with Crippen LogP contribution < -0.4 is 0 Å². The van der Waals surface area contributed by atoms with Crippen LogP contribution in [0.4, 0.5) is 4.79 Å². The van der Waals surface area contributed by atoms with Crippen molar-refractivity contribution in [2.45, 2.75) is 51.0 Å². The van der Waals surface area contributed by atoms with Crippen LogP contribution in [0.15, 0.2) is 60.7 Å². The smallest absolute Gasteiger partial charge is 0.411 e. The van der Waals surface area contributed by atoms with Gasteiger partial charge in [0.05, 0.1) is 12.6 Å². The maximum absolute atomic E-state index is 13.2. The predicted molar refractivity (Wildman–Crippen MR) is 108 cm³/mol. The lowest BCUT2D eigenvalue weighted by atomic mass is 10.0. The first-order valence-electron chi connectivity index (χ1n) is 10.1. The summed E-state index contributed by atoms with van der Waals surface area (Å²) >= 11 is 0. The molecule has 0 bridgehead atoms. The van der Waals surface area contributed by atoms with Crippen molar-refractivity contribution in [2.75, 3.05) is 6.54 Å². The molecule has 1 fully saturated rings. The molecule has 2 aromatic rings. The van der Waals surface area contributed by atoms with E-state index in [9.17, 15) is 9.59 Å². The maximum Gasteiger partial charge on any atom is 0.411 e. The molecule has 1 N–H and O–H groups in total. The molecule has 29 heavy (non-hydrogen) atoms. The number of carbonyl (C=O) groups is 2. The molecule has 1 heterocycles. The molecule has 0 aromatic heterocycles. The lowest BCUT2D eigenvalue weighted by Gasteiger charge is -2.28. The van der Waals surface area contributed by atoms with Gasteiger partial charge in [-0.05, 0) is 31.9 Å². The van der Waals surface area contributed by atoms with Crippen LogP contribution >= 0.6 is 0 Å². The highest BCUT2D eigenvalue weighted by atomic mass is 16.6. The van der Waals surface area contributed by atoms with E-state index in [1.807, 2.05) is 60.7 Å². The molecule has 0 spiro atoms. The monoisotopic (exact) mass is 398 g/mol. The summed E-state index contributed by atoms with van der Waals surface area (Å²) in [5.41, 5.74) is 0.946. The van der Waals surface area contributed by atoms with Crippen LogP contribution in [0.3, 0.4) is 0 Å². The average molecular weight is 398 g/mol. The molecule has 0 saturated carbocycles. The van der Waals surface area contributed by atoms with Crippen LogP contribution in [0.1, 0.15) is 44.4 Å². The number of amides is 1. The minimum absolute atomic E-state index is 0.0967. The number of ether oxygens (including phenoxy) is 2. The molecule has 2 atom stereocenters. The number of aliphatic hydroxyl groups is 1. The summed E-state index contributed by atoms with van der Waals surface area (Å²) in [5, 5.41) is 4.67. The van der Waals surface area contributed by atoms with Crippen molar-refractivity contribution >= 4 is 12.1 Å². The summed E-state index contributed by atoms with van der Waals surface area (Å²) in [5.74, 6) is -0.557. The molecule has 154 valence electrons. The third-order valence-electron chi connectivity index (χ3n) is 4.60. The van der Waals surface area contributed by atoms with Gasteiger partial charge in [0.15, 0.2) is 6.10 Å². The Morgan fingerprint density at radius 3 is 2.10 bits per heavy atom. The van der Waals surface area contributed by atoms with Gasteiger partial charge in [0.25, 0.3) is 0 Å². The van der Waals surface area contributed by atoms with Gasteiger partial charge in [-0.1, -0.05) is 60.7 Å². The maximum atomic E-state index is 13.2. The van der Waals surface area contributed by atoms with Gasteiger partial charge < -0.3 is 14.6 Å². The zero-order valence-corrected chi connectivity index (χ0v) is 16.9. The molecule has 0 radical (unpaired) electrons. The number of carbonyl (C=O) groups excluding carboxylic acids is 2. The van der Waals surface area contributed by atoms with Crippen molar-refractivity contribution < 1.29 is 24.2 Å². The highest BCUT2D eigenvalue weighted by molar-refractivity contribution is 5.82. The zero-order chi connectivity index (χ0) is 21.7. The number of aliphatic hydroxyl groups excluding tert-OH is 1. The van der Waals surface area contributed by atoms with Crippen LogP contribution in [0.5, 0.6) is 0 Å². The summed E-state index contributed by atoms with van der Waals surface area (Å²) in [7, 11) is 0. The van der Waals surface area contributed by atoms with Gasteiger partial charge in [-0.2, -0.15) is 0 Å². The van der Waals surface area contributed by atoms with Crippen molar-refractivity contribution in [1.29, 1.82) is 1.43 Å². The molecule has 1 aliphatic rings. The number of esters is 1. The summed E-state index contributed by atoms with van der Waals surface area (Å²) in [6, 6.07) is 18.0. The van der Waals surface area contributed by atoms with Crippen molar-refractivity contribution in [3.8, 4) is 0 Å². The first kappa shape index (κ1) is 19.5. The Bertz CT molecular complexity index is 813. The van der Waals surface area contributed by atoms with Gasteiger partial charge in [-0.15, -0.1) is 0 Å². The molecule has 1 aliphatic heterocycles. The Balaban J connectivity index is 1.83. The van der Waals surface area contributed by atoms with Gasteiger partial charge in [-0.25, -0.2) is 9.59 Å².